The van der Waals surface area contributed by atoms with E-state index in [1.807, 2.05) is 49.4 Å². The standard InChI is InChI=1S/C19H22N2O2/c1-14-7-6-10-17(11-14)19(23)21-13-18(22)20-12-15(2)16-8-4-3-5-9-16/h3-11,15H,12-13H2,1-2H3,(H,20,22)(H,21,23). The second kappa shape index (κ2) is 8.13. The van der Waals surface area contributed by atoms with E-state index < -0.39 is 0 Å². The lowest BCUT2D eigenvalue weighted by Crippen LogP contribution is -2.38. The molecule has 0 saturated heterocycles. The number of carbonyl (C=O) groups is 2. The number of rotatable bonds is 6. The summed E-state index contributed by atoms with van der Waals surface area (Å²) >= 11 is 0. The number of benzene rings is 2. The van der Waals surface area contributed by atoms with Crippen molar-refractivity contribution in [3.05, 3.63) is 71.3 Å². The van der Waals surface area contributed by atoms with Gasteiger partial charge >= 0.3 is 0 Å². The Kier molecular flexibility index (Phi) is 5.92. The van der Waals surface area contributed by atoms with Gasteiger partial charge in [-0.2, -0.15) is 0 Å². The Hall–Kier alpha value is -2.62. The van der Waals surface area contributed by atoms with Crippen molar-refractivity contribution in [3.63, 3.8) is 0 Å². The largest absolute Gasteiger partial charge is 0.354 e. The van der Waals surface area contributed by atoms with E-state index in [4.69, 9.17) is 0 Å². The van der Waals surface area contributed by atoms with Crippen molar-refractivity contribution in [1.82, 2.24) is 10.6 Å². The van der Waals surface area contributed by atoms with Gasteiger partial charge in [0, 0.05) is 12.1 Å². The summed E-state index contributed by atoms with van der Waals surface area (Å²) in [5, 5.41) is 5.48. The Labute approximate surface area is 136 Å². The van der Waals surface area contributed by atoms with Crippen LogP contribution in [0.2, 0.25) is 0 Å². The van der Waals surface area contributed by atoms with Crippen LogP contribution in [0.15, 0.2) is 54.6 Å². The number of amides is 2. The second-order valence-electron chi connectivity index (χ2n) is 5.67. The molecule has 0 heterocycles. The summed E-state index contributed by atoms with van der Waals surface area (Å²) in [5.41, 5.74) is 2.76. The van der Waals surface area contributed by atoms with Gasteiger partial charge in [0.05, 0.1) is 6.54 Å². The average molecular weight is 310 g/mol. The number of nitrogens with one attached hydrogen (secondary N) is 2. The number of hydrogen-bond donors (Lipinski definition) is 2. The Balaban J connectivity index is 1.76. The van der Waals surface area contributed by atoms with E-state index in [0.717, 1.165) is 5.56 Å². The zero-order valence-electron chi connectivity index (χ0n) is 13.5. The highest BCUT2D eigenvalue weighted by molar-refractivity contribution is 5.96. The molecule has 0 fully saturated rings. The first-order valence-corrected chi connectivity index (χ1v) is 7.73. The molecule has 120 valence electrons. The summed E-state index contributed by atoms with van der Waals surface area (Å²) in [4.78, 5) is 23.8. The molecule has 4 heteroatoms. The Morgan fingerprint density at radius 1 is 1.00 bits per heavy atom. The third-order valence-corrected chi connectivity index (χ3v) is 3.66. The molecule has 0 aliphatic heterocycles. The van der Waals surface area contributed by atoms with Crippen LogP contribution in [0, 0.1) is 6.92 Å². The highest BCUT2D eigenvalue weighted by Crippen LogP contribution is 2.12. The van der Waals surface area contributed by atoms with E-state index in [-0.39, 0.29) is 24.3 Å². The van der Waals surface area contributed by atoms with Crippen molar-refractivity contribution in [2.45, 2.75) is 19.8 Å². The summed E-state index contributed by atoms with van der Waals surface area (Å²) < 4.78 is 0. The van der Waals surface area contributed by atoms with Gasteiger partial charge in [0.25, 0.3) is 5.91 Å². The first-order valence-electron chi connectivity index (χ1n) is 7.73. The van der Waals surface area contributed by atoms with Crippen molar-refractivity contribution in [3.8, 4) is 0 Å². The lowest BCUT2D eigenvalue weighted by molar-refractivity contribution is -0.120. The lowest BCUT2D eigenvalue weighted by atomic mass is 10.0. The fraction of sp³-hybridized carbons (Fsp3) is 0.263. The van der Waals surface area contributed by atoms with Crippen LogP contribution in [0.3, 0.4) is 0 Å². The second-order valence-corrected chi connectivity index (χ2v) is 5.67. The molecule has 0 aliphatic rings. The fourth-order valence-electron chi connectivity index (χ4n) is 2.28. The van der Waals surface area contributed by atoms with Crippen LogP contribution in [0.5, 0.6) is 0 Å². The number of aryl methyl sites for hydroxylation is 1. The normalized spacial score (nSPS) is 11.6. The molecule has 4 nitrogen and oxygen atoms in total. The zero-order chi connectivity index (χ0) is 16.7. The van der Waals surface area contributed by atoms with E-state index in [1.165, 1.54) is 5.56 Å². The molecule has 2 amide bonds. The topological polar surface area (TPSA) is 58.2 Å². The van der Waals surface area contributed by atoms with Gasteiger partial charge < -0.3 is 10.6 Å². The van der Waals surface area contributed by atoms with Crippen molar-refractivity contribution in [2.75, 3.05) is 13.1 Å². The molecule has 1 unspecified atom stereocenters. The van der Waals surface area contributed by atoms with Crippen molar-refractivity contribution < 1.29 is 9.59 Å². The van der Waals surface area contributed by atoms with Gasteiger partial charge in [0.2, 0.25) is 5.91 Å². The smallest absolute Gasteiger partial charge is 0.251 e. The fourth-order valence-corrected chi connectivity index (χ4v) is 2.28. The van der Waals surface area contributed by atoms with Gasteiger partial charge in [0.1, 0.15) is 0 Å². The van der Waals surface area contributed by atoms with Gasteiger partial charge in [-0.3, -0.25) is 9.59 Å². The van der Waals surface area contributed by atoms with E-state index in [9.17, 15) is 9.59 Å². The van der Waals surface area contributed by atoms with E-state index in [0.29, 0.717) is 12.1 Å². The third-order valence-electron chi connectivity index (χ3n) is 3.66. The molecule has 2 N–H and O–H groups in total. The summed E-state index contributed by atoms with van der Waals surface area (Å²) in [6.45, 7) is 4.51. The van der Waals surface area contributed by atoms with Crippen molar-refractivity contribution in [1.29, 1.82) is 0 Å². The zero-order valence-corrected chi connectivity index (χ0v) is 13.5. The molecule has 0 radical (unpaired) electrons. The maximum absolute atomic E-state index is 12.0. The van der Waals surface area contributed by atoms with Crippen molar-refractivity contribution in [2.24, 2.45) is 0 Å². The van der Waals surface area contributed by atoms with Crippen LogP contribution in [-0.4, -0.2) is 24.9 Å². The summed E-state index contributed by atoms with van der Waals surface area (Å²) in [6.07, 6.45) is 0. The average Bonchev–Trinajstić information content (AvgIpc) is 2.58. The van der Waals surface area contributed by atoms with Crippen LogP contribution in [0.25, 0.3) is 0 Å². The predicted molar refractivity (Wildman–Crippen MR) is 91.4 cm³/mol. The van der Waals surface area contributed by atoms with E-state index in [2.05, 4.69) is 17.6 Å². The van der Waals surface area contributed by atoms with Gasteiger partial charge in [-0.15, -0.1) is 0 Å². The monoisotopic (exact) mass is 310 g/mol. The van der Waals surface area contributed by atoms with Gasteiger partial charge in [-0.1, -0.05) is 55.0 Å². The predicted octanol–water partition coefficient (Wildman–Crippen LogP) is 2.64. The number of hydrogen-bond acceptors (Lipinski definition) is 2. The van der Waals surface area contributed by atoms with Crippen LogP contribution in [-0.2, 0) is 4.79 Å². The minimum Gasteiger partial charge on any atom is -0.354 e. The Morgan fingerprint density at radius 3 is 2.43 bits per heavy atom. The van der Waals surface area contributed by atoms with Crippen LogP contribution < -0.4 is 10.6 Å². The number of carbonyl (C=O) groups excluding carboxylic acids is 2. The molecule has 2 rings (SSSR count). The molecular weight excluding hydrogens is 288 g/mol. The highest BCUT2D eigenvalue weighted by atomic mass is 16.2. The minimum atomic E-state index is -0.236. The first-order chi connectivity index (χ1) is 11.1. The SMILES string of the molecule is Cc1cccc(C(=O)NCC(=O)NCC(C)c2ccccc2)c1. The molecule has 0 bridgehead atoms. The molecular formula is C19H22N2O2. The van der Waals surface area contributed by atoms with Crippen molar-refractivity contribution >= 4 is 11.8 Å². The van der Waals surface area contributed by atoms with Gasteiger partial charge in [-0.25, -0.2) is 0 Å². The first kappa shape index (κ1) is 16.7. The molecule has 2 aromatic carbocycles. The van der Waals surface area contributed by atoms with Crippen LogP contribution in [0.1, 0.15) is 34.3 Å². The van der Waals surface area contributed by atoms with Crippen LogP contribution >= 0.6 is 0 Å². The quantitative estimate of drug-likeness (QED) is 0.862. The van der Waals surface area contributed by atoms with E-state index in [1.54, 1.807) is 12.1 Å². The lowest BCUT2D eigenvalue weighted by Gasteiger charge is -2.13. The minimum absolute atomic E-state index is 0.0196. The molecule has 23 heavy (non-hydrogen) atoms. The summed E-state index contributed by atoms with van der Waals surface area (Å²) in [7, 11) is 0. The Morgan fingerprint density at radius 2 is 1.74 bits per heavy atom. The summed E-state index contributed by atoms with van der Waals surface area (Å²) in [5.74, 6) is -0.193. The maximum atomic E-state index is 12.0. The molecule has 1 atom stereocenters. The molecule has 0 aliphatic carbocycles. The maximum Gasteiger partial charge on any atom is 0.251 e. The molecule has 0 aromatic heterocycles. The van der Waals surface area contributed by atoms with Crippen LogP contribution in [0.4, 0.5) is 0 Å². The van der Waals surface area contributed by atoms with Gasteiger partial charge in [0.15, 0.2) is 0 Å². The molecule has 0 saturated carbocycles. The Bertz CT molecular complexity index is 668. The molecule has 0 spiro atoms. The highest BCUT2D eigenvalue weighted by Gasteiger charge is 2.10. The van der Waals surface area contributed by atoms with E-state index >= 15 is 0 Å². The third kappa shape index (κ3) is 5.25. The summed E-state index contributed by atoms with van der Waals surface area (Å²) in [6, 6.07) is 17.3. The molecule has 2 aromatic rings. The van der Waals surface area contributed by atoms with Gasteiger partial charge in [-0.05, 0) is 30.5 Å².